The average molecular weight is 218 g/mol. The van der Waals surface area contributed by atoms with Crippen LogP contribution < -0.4 is 0 Å². The highest BCUT2D eigenvalue weighted by atomic mass is 16.5. The van der Waals surface area contributed by atoms with Gasteiger partial charge in [-0.05, 0) is 24.7 Å². The number of ether oxygens (including phenoxy) is 1. The summed E-state index contributed by atoms with van der Waals surface area (Å²) in [6, 6.07) is 0. The number of hydrogen-bond donors (Lipinski definition) is 0. The van der Waals surface area contributed by atoms with Crippen LogP contribution in [0, 0.1) is 37.0 Å². The molecular formula is C13H16NO2+. The van der Waals surface area contributed by atoms with Gasteiger partial charge >= 0.3 is 5.97 Å². The van der Waals surface area contributed by atoms with Crippen LogP contribution in [0.3, 0.4) is 0 Å². The van der Waals surface area contributed by atoms with Gasteiger partial charge in [0.1, 0.15) is 19.6 Å². The Morgan fingerprint density at radius 1 is 1.12 bits per heavy atom. The van der Waals surface area contributed by atoms with E-state index in [9.17, 15) is 4.79 Å². The molecule has 0 fully saturated rings. The van der Waals surface area contributed by atoms with Crippen molar-refractivity contribution in [1.82, 2.24) is 0 Å². The predicted molar refractivity (Wildman–Crippen MR) is 62.9 cm³/mol. The van der Waals surface area contributed by atoms with E-state index in [2.05, 4.69) is 17.8 Å². The molecule has 0 aromatic rings. The van der Waals surface area contributed by atoms with Crippen LogP contribution >= 0.6 is 0 Å². The van der Waals surface area contributed by atoms with Crippen molar-refractivity contribution < 1.29 is 14.0 Å². The van der Waals surface area contributed by atoms with Crippen LogP contribution in [0.15, 0.2) is 0 Å². The van der Waals surface area contributed by atoms with Crippen molar-refractivity contribution >= 4 is 5.97 Å². The Bertz CT molecular complexity index is 311. The first-order valence-corrected chi connectivity index (χ1v) is 4.95. The van der Waals surface area contributed by atoms with E-state index in [-0.39, 0.29) is 17.0 Å². The molecule has 3 heteroatoms. The average Bonchev–Trinajstić information content (AvgIpc) is 2.18. The highest BCUT2D eigenvalue weighted by Gasteiger charge is 2.28. The lowest BCUT2D eigenvalue weighted by Crippen LogP contribution is -2.52. The van der Waals surface area contributed by atoms with Crippen LogP contribution in [0.5, 0.6) is 0 Å². The van der Waals surface area contributed by atoms with Crippen LogP contribution in [0.4, 0.5) is 0 Å². The molecule has 0 unspecified atom stereocenters. The summed E-state index contributed by atoms with van der Waals surface area (Å²) in [5, 5.41) is 0. The summed E-state index contributed by atoms with van der Waals surface area (Å²) in [6.45, 7) is 3.18. The lowest BCUT2D eigenvalue weighted by Gasteiger charge is -2.32. The molecule has 0 aliphatic heterocycles. The second kappa shape index (κ2) is 7.41. The molecule has 0 aromatic heterocycles. The van der Waals surface area contributed by atoms with Crippen LogP contribution in [-0.2, 0) is 9.53 Å². The molecule has 0 amide bonds. The van der Waals surface area contributed by atoms with Crippen LogP contribution in [0.25, 0.3) is 0 Å². The van der Waals surface area contributed by atoms with Crippen LogP contribution in [-0.4, -0.2) is 43.2 Å². The molecular weight excluding hydrogens is 202 g/mol. The molecule has 0 saturated carbocycles. The number of nitrogens with zero attached hydrogens (tertiary/aromatic N) is 1. The Hall–Kier alpha value is -1.89. The lowest BCUT2D eigenvalue weighted by molar-refractivity contribution is -0.901. The second-order valence-electron chi connectivity index (χ2n) is 3.39. The molecule has 84 valence electrons. The van der Waals surface area contributed by atoms with Gasteiger partial charge in [-0.1, -0.05) is 0 Å². The summed E-state index contributed by atoms with van der Waals surface area (Å²) in [4.78, 5) is 11.4. The summed E-state index contributed by atoms with van der Waals surface area (Å²) < 4.78 is 5.07. The van der Waals surface area contributed by atoms with Gasteiger partial charge in [0.05, 0.1) is 6.61 Å². The highest BCUT2D eigenvalue weighted by molar-refractivity contribution is 5.70. The second-order valence-corrected chi connectivity index (χ2v) is 3.39. The molecule has 16 heavy (non-hydrogen) atoms. The van der Waals surface area contributed by atoms with Gasteiger partial charge in [0, 0.05) is 0 Å². The maximum absolute atomic E-state index is 11.4. The Balaban J connectivity index is 4.76. The Morgan fingerprint density at radius 3 is 1.88 bits per heavy atom. The largest absolute Gasteiger partial charge is 0.462 e. The third-order valence-electron chi connectivity index (χ3n) is 2.05. The summed E-state index contributed by atoms with van der Waals surface area (Å²) in [6.07, 6.45) is 15.8. The zero-order valence-corrected chi connectivity index (χ0v) is 9.53. The van der Waals surface area contributed by atoms with Crippen molar-refractivity contribution in [2.75, 3.05) is 32.8 Å². The number of hydrogen-bond acceptors (Lipinski definition) is 2. The van der Waals surface area contributed by atoms with Crippen molar-refractivity contribution in [2.24, 2.45) is 0 Å². The maximum atomic E-state index is 11.4. The Morgan fingerprint density at radius 2 is 1.56 bits per heavy atom. The van der Waals surface area contributed by atoms with Crippen molar-refractivity contribution in [3.63, 3.8) is 0 Å². The van der Waals surface area contributed by atoms with Gasteiger partial charge in [0.2, 0.25) is 0 Å². The summed E-state index contributed by atoms with van der Waals surface area (Å²) in [5.41, 5.74) is 0. The van der Waals surface area contributed by atoms with Crippen molar-refractivity contribution in [3.8, 4) is 37.0 Å². The normalized spacial score (nSPS) is 9.62. The molecule has 0 saturated heterocycles. The zero-order valence-electron chi connectivity index (χ0n) is 9.53. The van der Waals surface area contributed by atoms with E-state index in [4.69, 9.17) is 24.0 Å². The molecule has 0 atom stereocenters. The number of terminal acetylenes is 3. The first-order valence-electron chi connectivity index (χ1n) is 4.95. The first-order chi connectivity index (χ1) is 7.64. The third-order valence-corrected chi connectivity index (χ3v) is 2.05. The van der Waals surface area contributed by atoms with E-state index >= 15 is 0 Å². The van der Waals surface area contributed by atoms with Crippen molar-refractivity contribution in [3.05, 3.63) is 0 Å². The molecule has 0 aliphatic carbocycles. The number of carbonyl (C=O) groups is 1. The van der Waals surface area contributed by atoms with Crippen molar-refractivity contribution in [1.29, 1.82) is 0 Å². The highest BCUT2D eigenvalue weighted by Crippen LogP contribution is 2.05. The fourth-order valence-electron chi connectivity index (χ4n) is 1.40. The minimum Gasteiger partial charge on any atom is -0.462 e. The standard InChI is InChI=1S/C13H16NO2/c1-5-9-14(10-6-2,11-7-3)12-13(15)16-8-4/h1-3H,8-12H2,4H3/q+1. The Labute approximate surface area is 97.4 Å². The topological polar surface area (TPSA) is 26.3 Å². The van der Waals surface area contributed by atoms with Gasteiger partial charge in [0.15, 0.2) is 6.54 Å². The summed E-state index contributed by atoms with van der Waals surface area (Å²) >= 11 is 0. The SMILES string of the molecule is C#CC[N+](CC#C)(CC#C)CC(=O)OCC. The zero-order chi connectivity index (χ0) is 12.4. The molecule has 0 aliphatic rings. The molecule has 0 heterocycles. The smallest absolute Gasteiger partial charge is 0.361 e. The predicted octanol–water partition coefficient (Wildman–Crippen LogP) is 0.266. The first kappa shape index (κ1) is 14.1. The van der Waals surface area contributed by atoms with Gasteiger partial charge in [-0.15, -0.1) is 19.3 Å². The molecule has 0 radical (unpaired) electrons. The van der Waals surface area contributed by atoms with Gasteiger partial charge in [0.25, 0.3) is 0 Å². The minimum atomic E-state index is -0.330. The van der Waals surface area contributed by atoms with Crippen LogP contribution in [0.1, 0.15) is 6.92 Å². The fraction of sp³-hybridized carbons (Fsp3) is 0.462. The van der Waals surface area contributed by atoms with Crippen molar-refractivity contribution in [2.45, 2.75) is 6.92 Å². The third kappa shape index (κ3) is 4.56. The fourth-order valence-corrected chi connectivity index (χ4v) is 1.40. The van der Waals surface area contributed by atoms with E-state index in [1.54, 1.807) is 6.92 Å². The molecule has 0 rings (SSSR count). The number of carbonyl (C=O) groups excluding carboxylic acids is 1. The lowest BCUT2D eigenvalue weighted by atomic mass is 10.3. The molecule has 3 nitrogen and oxygen atoms in total. The van der Waals surface area contributed by atoms with E-state index < -0.39 is 0 Å². The summed E-state index contributed by atoms with van der Waals surface area (Å²) in [7, 11) is 0. The van der Waals surface area contributed by atoms with Crippen LogP contribution in [0.2, 0.25) is 0 Å². The van der Waals surface area contributed by atoms with Gasteiger partial charge in [-0.25, -0.2) is 4.79 Å². The monoisotopic (exact) mass is 218 g/mol. The number of esters is 1. The minimum absolute atomic E-state index is 0.117. The van der Waals surface area contributed by atoms with Gasteiger partial charge in [-0.3, -0.25) is 4.48 Å². The van der Waals surface area contributed by atoms with E-state index in [0.29, 0.717) is 26.2 Å². The number of quaternary nitrogens is 1. The number of rotatable bonds is 6. The summed E-state index contributed by atoms with van der Waals surface area (Å²) in [5.74, 6) is 7.17. The van der Waals surface area contributed by atoms with E-state index in [1.165, 1.54) is 0 Å². The van der Waals surface area contributed by atoms with Gasteiger partial charge in [-0.2, -0.15) is 0 Å². The van der Waals surface area contributed by atoms with E-state index in [1.807, 2.05) is 0 Å². The molecule has 0 spiro atoms. The molecule has 0 N–H and O–H groups in total. The maximum Gasteiger partial charge on any atom is 0.361 e. The quantitative estimate of drug-likeness (QED) is 0.363. The van der Waals surface area contributed by atoms with Gasteiger partial charge < -0.3 is 4.74 Å². The van der Waals surface area contributed by atoms with E-state index in [0.717, 1.165) is 0 Å². The Kier molecular flexibility index (Phi) is 6.53. The molecule has 0 bridgehead atoms. The molecule has 0 aromatic carbocycles.